The number of ether oxygens (including phenoxy) is 2. The molecule has 1 fully saturated rings. The second-order valence-electron chi connectivity index (χ2n) is 7.53. The van der Waals surface area contributed by atoms with Crippen LogP contribution < -0.4 is 25.0 Å². The van der Waals surface area contributed by atoms with Gasteiger partial charge in [-0.3, -0.25) is 9.67 Å². The molecule has 0 amide bonds. The molecule has 164 valence electrons. The zero-order valence-corrected chi connectivity index (χ0v) is 18.5. The summed E-state index contributed by atoms with van der Waals surface area (Å²) >= 11 is 0. The van der Waals surface area contributed by atoms with Gasteiger partial charge in [0.25, 0.3) is 0 Å². The molecular formula is C22H34N6O2. The highest BCUT2D eigenvalue weighted by molar-refractivity contribution is 5.80. The molecule has 2 heterocycles. The highest BCUT2D eigenvalue weighted by Crippen LogP contribution is 2.30. The van der Waals surface area contributed by atoms with Gasteiger partial charge in [0.1, 0.15) is 11.5 Å². The molecule has 1 saturated heterocycles. The number of aryl methyl sites for hydroxylation is 2. The van der Waals surface area contributed by atoms with Crippen LogP contribution in [0.3, 0.4) is 0 Å². The van der Waals surface area contributed by atoms with Gasteiger partial charge in [0.2, 0.25) is 0 Å². The van der Waals surface area contributed by atoms with Gasteiger partial charge in [-0.25, -0.2) is 0 Å². The number of aliphatic imine (C=N–C) groups is 1. The van der Waals surface area contributed by atoms with Crippen molar-refractivity contribution in [2.45, 2.75) is 32.2 Å². The Balaban J connectivity index is 1.53. The van der Waals surface area contributed by atoms with Gasteiger partial charge in [0.15, 0.2) is 5.96 Å². The minimum absolute atomic E-state index is 0.346. The number of anilines is 1. The molecule has 1 aliphatic rings. The first-order chi connectivity index (χ1) is 14.6. The number of hydrogen-bond donors (Lipinski definition) is 2. The van der Waals surface area contributed by atoms with E-state index in [1.807, 2.05) is 24.0 Å². The van der Waals surface area contributed by atoms with E-state index < -0.39 is 0 Å². The fourth-order valence-electron chi connectivity index (χ4n) is 3.68. The Hall–Kier alpha value is -2.90. The lowest BCUT2D eigenvalue weighted by molar-refractivity contribution is 0.394. The topological polar surface area (TPSA) is 75.9 Å². The van der Waals surface area contributed by atoms with Crippen molar-refractivity contribution < 1.29 is 9.47 Å². The summed E-state index contributed by atoms with van der Waals surface area (Å²) in [6.45, 7) is 5.62. The molecule has 1 unspecified atom stereocenters. The number of nitrogens with zero attached hydrogens (tertiary/aromatic N) is 4. The summed E-state index contributed by atoms with van der Waals surface area (Å²) in [6, 6.07) is 6.36. The number of rotatable bonds is 9. The van der Waals surface area contributed by atoms with Gasteiger partial charge in [-0.2, -0.15) is 5.10 Å². The number of guanidine groups is 1. The monoisotopic (exact) mass is 414 g/mol. The van der Waals surface area contributed by atoms with Crippen molar-refractivity contribution in [3.63, 3.8) is 0 Å². The zero-order chi connectivity index (χ0) is 21.3. The quantitative estimate of drug-likeness (QED) is 0.372. The Bertz CT molecular complexity index is 813. The highest BCUT2D eigenvalue weighted by Gasteiger charge is 2.24. The van der Waals surface area contributed by atoms with Crippen molar-refractivity contribution in [1.82, 2.24) is 20.4 Å². The molecule has 2 N–H and O–H groups in total. The van der Waals surface area contributed by atoms with Crippen LogP contribution in [0.4, 0.5) is 5.69 Å². The van der Waals surface area contributed by atoms with Crippen molar-refractivity contribution in [1.29, 1.82) is 0 Å². The smallest absolute Gasteiger partial charge is 0.191 e. The van der Waals surface area contributed by atoms with Gasteiger partial charge in [-0.15, -0.1) is 0 Å². The van der Waals surface area contributed by atoms with Crippen molar-refractivity contribution in [2.24, 2.45) is 12.0 Å². The third-order valence-corrected chi connectivity index (χ3v) is 5.23. The summed E-state index contributed by atoms with van der Waals surface area (Å²) in [5.74, 6) is 2.51. The maximum Gasteiger partial charge on any atom is 0.191 e. The molecule has 1 aromatic carbocycles. The summed E-state index contributed by atoms with van der Waals surface area (Å²) in [7, 11) is 5.31. The van der Waals surface area contributed by atoms with Crippen LogP contribution in [0.1, 0.15) is 25.3 Å². The molecule has 8 nitrogen and oxygen atoms in total. The van der Waals surface area contributed by atoms with Crippen molar-refractivity contribution in [3.05, 3.63) is 36.2 Å². The molecule has 0 radical (unpaired) electrons. The van der Waals surface area contributed by atoms with Gasteiger partial charge in [0, 0.05) is 69.4 Å². The van der Waals surface area contributed by atoms with Crippen LogP contribution in [-0.4, -0.2) is 62.2 Å². The largest absolute Gasteiger partial charge is 0.497 e. The van der Waals surface area contributed by atoms with Crippen LogP contribution in [0.15, 0.2) is 35.6 Å². The Morgan fingerprint density at radius 1 is 1.23 bits per heavy atom. The Labute approximate surface area is 179 Å². The first-order valence-electron chi connectivity index (χ1n) is 10.6. The first-order valence-corrected chi connectivity index (χ1v) is 10.6. The van der Waals surface area contributed by atoms with Gasteiger partial charge < -0.3 is 25.0 Å². The zero-order valence-electron chi connectivity index (χ0n) is 18.5. The van der Waals surface area contributed by atoms with E-state index in [2.05, 4.69) is 45.9 Å². The normalized spacial score (nSPS) is 16.6. The van der Waals surface area contributed by atoms with Crippen molar-refractivity contribution >= 4 is 11.6 Å². The molecule has 0 aliphatic carbocycles. The average Bonchev–Trinajstić information content (AvgIpc) is 3.39. The van der Waals surface area contributed by atoms with Crippen LogP contribution in [-0.2, 0) is 13.5 Å². The lowest BCUT2D eigenvalue weighted by Gasteiger charge is -2.21. The van der Waals surface area contributed by atoms with Crippen LogP contribution >= 0.6 is 0 Å². The van der Waals surface area contributed by atoms with Crippen LogP contribution in [0.25, 0.3) is 0 Å². The molecule has 0 spiro atoms. The predicted molar refractivity (Wildman–Crippen MR) is 121 cm³/mol. The second kappa shape index (κ2) is 10.8. The Morgan fingerprint density at radius 3 is 2.63 bits per heavy atom. The standard InChI is InChI=1S/C22H34N6O2/c1-5-23-22(24-9-6-7-17-14-25-27(2)15-17)26-18-8-10-28(16-18)19-11-20(29-3)13-21(12-19)30-4/h11-15,18H,5-10,16H2,1-4H3,(H2,23,24,26). The molecule has 2 aromatic rings. The van der Waals surface area contributed by atoms with Gasteiger partial charge in [-0.05, 0) is 31.7 Å². The Morgan fingerprint density at radius 2 is 2.00 bits per heavy atom. The summed E-state index contributed by atoms with van der Waals surface area (Å²) in [6.07, 6.45) is 7.04. The van der Waals surface area contributed by atoms with Crippen molar-refractivity contribution in [3.8, 4) is 11.5 Å². The summed E-state index contributed by atoms with van der Waals surface area (Å²) in [5.41, 5.74) is 2.37. The van der Waals surface area contributed by atoms with E-state index in [9.17, 15) is 0 Å². The van der Waals surface area contributed by atoms with Gasteiger partial charge in [-0.1, -0.05) is 0 Å². The molecular weight excluding hydrogens is 380 g/mol. The van der Waals surface area contributed by atoms with Crippen LogP contribution in [0, 0.1) is 0 Å². The molecule has 1 aromatic heterocycles. The number of methoxy groups -OCH3 is 2. The van der Waals surface area contributed by atoms with Gasteiger partial charge in [0.05, 0.1) is 20.4 Å². The molecule has 8 heteroatoms. The highest BCUT2D eigenvalue weighted by atomic mass is 16.5. The molecule has 1 atom stereocenters. The first kappa shape index (κ1) is 21.8. The third-order valence-electron chi connectivity index (χ3n) is 5.23. The van der Waals surface area contributed by atoms with E-state index in [1.165, 1.54) is 5.56 Å². The van der Waals surface area contributed by atoms with Gasteiger partial charge >= 0.3 is 0 Å². The maximum atomic E-state index is 5.41. The van der Waals surface area contributed by atoms with Crippen molar-refractivity contribution in [2.75, 3.05) is 45.3 Å². The number of hydrogen-bond acceptors (Lipinski definition) is 5. The fourth-order valence-corrected chi connectivity index (χ4v) is 3.68. The number of aromatic nitrogens is 2. The molecule has 0 saturated carbocycles. The third kappa shape index (κ3) is 6.05. The SMILES string of the molecule is CCNC(=NCCCc1cnn(C)c1)NC1CCN(c2cc(OC)cc(OC)c2)C1. The lowest BCUT2D eigenvalue weighted by atomic mass is 10.2. The fraction of sp³-hybridized carbons (Fsp3) is 0.545. The summed E-state index contributed by atoms with van der Waals surface area (Å²) in [5, 5.41) is 11.2. The molecule has 30 heavy (non-hydrogen) atoms. The number of benzene rings is 1. The second-order valence-corrected chi connectivity index (χ2v) is 7.53. The van der Waals surface area contributed by atoms with E-state index in [0.717, 1.165) is 68.6 Å². The maximum absolute atomic E-state index is 5.41. The number of nitrogens with one attached hydrogen (secondary N) is 2. The van der Waals surface area contributed by atoms with E-state index in [-0.39, 0.29) is 0 Å². The average molecular weight is 415 g/mol. The Kier molecular flexibility index (Phi) is 7.82. The van der Waals surface area contributed by atoms with E-state index >= 15 is 0 Å². The molecule has 0 bridgehead atoms. The minimum Gasteiger partial charge on any atom is -0.497 e. The van der Waals surface area contributed by atoms with Crippen LogP contribution in [0.5, 0.6) is 11.5 Å². The summed E-state index contributed by atoms with van der Waals surface area (Å²) in [4.78, 5) is 7.12. The van der Waals surface area contributed by atoms with E-state index in [1.54, 1.807) is 14.2 Å². The van der Waals surface area contributed by atoms with E-state index in [0.29, 0.717) is 6.04 Å². The predicted octanol–water partition coefficient (Wildman–Crippen LogP) is 2.20. The summed E-state index contributed by atoms with van der Waals surface area (Å²) < 4.78 is 12.7. The molecule has 3 rings (SSSR count). The lowest BCUT2D eigenvalue weighted by Crippen LogP contribution is -2.44. The van der Waals surface area contributed by atoms with E-state index in [4.69, 9.17) is 14.5 Å². The minimum atomic E-state index is 0.346. The van der Waals surface area contributed by atoms with Crippen LogP contribution in [0.2, 0.25) is 0 Å². The molecule has 1 aliphatic heterocycles.